The van der Waals surface area contributed by atoms with Crippen molar-refractivity contribution in [2.75, 3.05) is 24.4 Å². The summed E-state index contributed by atoms with van der Waals surface area (Å²) < 4.78 is 10.2. The molecule has 2 aromatic rings. The van der Waals surface area contributed by atoms with E-state index in [4.69, 9.17) is 9.47 Å². The first kappa shape index (κ1) is 22.4. The SMILES string of the molecule is CCOC(=O)CC1=CC(SC(C)C(=O)Nc2ccc(OC)cc2)=Nc2ccccc2N1. The number of thioether (sulfide) groups is 1. The summed E-state index contributed by atoms with van der Waals surface area (Å²) >= 11 is 1.32. The Labute approximate surface area is 185 Å². The van der Waals surface area contributed by atoms with E-state index in [0.29, 0.717) is 23.0 Å². The van der Waals surface area contributed by atoms with E-state index < -0.39 is 5.25 Å². The molecule has 2 N–H and O–H groups in total. The summed E-state index contributed by atoms with van der Waals surface area (Å²) in [7, 11) is 1.59. The molecule has 0 aliphatic carbocycles. The predicted molar refractivity (Wildman–Crippen MR) is 125 cm³/mol. The molecule has 0 bridgehead atoms. The van der Waals surface area contributed by atoms with Gasteiger partial charge in [0.15, 0.2) is 0 Å². The highest BCUT2D eigenvalue weighted by atomic mass is 32.2. The lowest BCUT2D eigenvalue weighted by Crippen LogP contribution is -2.23. The third-order valence-electron chi connectivity index (χ3n) is 4.39. The number of carbonyl (C=O) groups excluding carboxylic acids is 2. The molecule has 0 aromatic heterocycles. The Morgan fingerprint density at radius 1 is 1.16 bits per heavy atom. The van der Waals surface area contributed by atoms with Crippen LogP contribution in [-0.2, 0) is 14.3 Å². The molecular formula is C23H25N3O4S. The summed E-state index contributed by atoms with van der Waals surface area (Å²) in [5, 5.41) is 6.37. The molecule has 1 amide bonds. The second-order valence-electron chi connectivity index (χ2n) is 6.72. The zero-order chi connectivity index (χ0) is 22.2. The number of fused-ring (bicyclic) bond motifs is 1. The first-order valence-corrected chi connectivity index (χ1v) is 10.8. The minimum Gasteiger partial charge on any atom is -0.497 e. The fourth-order valence-electron chi connectivity index (χ4n) is 2.86. The lowest BCUT2D eigenvalue weighted by atomic mass is 10.2. The van der Waals surface area contributed by atoms with Gasteiger partial charge < -0.3 is 20.1 Å². The largest absolute Gasteiger partial charge is 0.497 e. The van der Waals surface area contributed by atoms with E-state index in [1.54, 1.807) is 44.4 Å². The van der Waals surface area contributed by atoms with Gasteiger partial charge >= 0.3 is 5.97 Å². The zero-order valence-electron chi connectivity index (χ0n) is 17.7. The van der Waals surface area contributed by atoms with Crippen LogP contribution in [0.1, 0.15) is 20.3 Å². The zero-order valence-corrected chi connectivity index (χ0v) is 18.5. The molecule has 0 fully saturated rings. The molecule has 0 spiro atoms. The molecule has 0 saturated carbocycles. The van der Waals surface area contributed by atoms with Crippen LogP contribution in [0.4, 0.5) is 17.1 Å². The fourth-order valence-corrected chi connectivity index (χ4v) is 3.75. The molecule has 8 heteroatoms. The van der Waals surface area contributed by atoms with Gasteiger partial charge in [0.1, 0.15) is 5.75 Å². The Balaban J connectivity index is 1.75. The van der Waals surface area contributed by atoms with Gasteiger partial charge in [-0.25, -0.2) is 4.99 Å². The normalized spacial score (nSPS) is 13.5. The number of hydrogen-bond acceptors (Lipinski definition) is 7. The van der Waals surface area contributed by atoms with Crippen molar-refractivity contribution in [2.24, 2.45) is 4.99 Å². The van der Waals surface area contributed by atoms with E-state index in [9.17, 15) is 9.59 Å². The molecule has 3 rings (SSSR count). The molecular weight excluding hydrogens is 414 g/mol. The summed E-state index contributed by atoms with van der Waals surface area (Å²) in [6.07, 6.45) is 1.88. The summed E-state index contributed by atoms with van der Waals surface area (Å²) in [6, 6.07) is 14.7. The number of nitrogens with one attached hydrogen (secondary N) is 2. The number of amides is 1. The quantitative estimate of drug-likeness (QED) is 0.606. The van der Waals surface area contributed by atoms with Gasteiger partial charge in [-0.1, -0.05) is 23.9 Å². The first-order valence-electron chi connectivity index (χ1n) is 9.91. The van der Waals surface area contributed by atoms with Gasteiger partial charge in [-0.2, -0.15) is 0 Å². The summed E-state index contributed by atoms with van der Waals surface area (Å²) in [5.74, 6) is 0.248. The van der Waals surface area contributed by atoms with Crippen LogP contribution in [0.3, 0.4) is 0 Å². The van der Waals surface area contributed by atoms with Gasteiger partial charge in [0.05, 0.1) is 41.8 Å². The Hall–Kier alpha value is -3.26. The van der Waals surface area contributed by atoms with Gasteiger partial charge in [0.25, 0.3) is 0 Å². The number of benzene rings is 2. The smallest absolute Gasteiger partial charge is 0.311 e. The number of rotatable bonds is 7. The number of hydrogen-bond donors (Lipinski definition) is 2. The number of methoxy groups -OCH3 is 1. The summed E-state index contributed by atoms with van der Waals surface area (Å²) in [4.78, 5) is 29.4. The maximum Gasteiger partial charge on any atom is 0.311 e. The van der Waals surface area contributed by atoms with E-state index in [2.05, 4.69) is 15.6 Å². The second kappa shape index (κ2) is 10.7. The molecule has 31 heavy (non-hydrogen) atoms. The van der Waals surface area contributed by atoms with Crippen molar-refractivity contribution >= 4 is 45.7 Å². The van der Waals surface area contributed by atoms with E-state index >= 15 is 0 Å². The highest BCUT2D eigenvalue weighted by molar-refractivity contribution is 8.15. The number of para-hydroxylation sites is 2. The monoisotopic (exact) mass is 439 g/mol. The van der Waals surface area contributed by atoms with Crippen molar-refractivity contribution in [3.05, 3.63) is 60.3 Å². The van der Waals surface area contributed by atoms with Crippen molar-refractivity contribution in [3.63, 3.8) is 0 Å². The van der Waals surface area contributed by atoms with Crippen molar-refractivity contribution in [1.82, 2.24) is 0 Å². The molecule has 1 aliphatic rings. The van der Waals surface area contributed by atoms with Crippen LogP contribution in [0.2, 0.25) is 0 Å². The Kier molecular flexibility index (Phi) is 7.72. The maximum absolute atomic E-state index is 12.7. The average Bonchev–Trinajstić information content (AvgIpc) is 2.92. The van der Waals surface area contributed by atoms with Crippen molar-refractivity contribution in [1.29, 1.82) is 0 Å². The molecule has 1 atom stereocenters. The number of carbonyl (C=O) groups is 2. The van der Waals surface area contributed by atoms with Gasteiger partial charge in [0.2, 0.25) is 5.91 Å². The molecule has 1 unspecified atom stereocenters. The molecule has 1 aliphatic heterocycles. The maximum atomic E-state index is 12.7. The standard InChI is InChI=1S/C23H25N3O4S/c1-4-30-22(27)14-17-13-21(26-20-8-6-5-7-19(20)24-17)31-15(2)23(28)25-16-9-11-18(29-3)12-10-16/h5-13,15,24H,4,14H2,1-3H3,(H,25,28). The van der Waals surface area contributed by atoms with Crippen LogP contribution in [0.15, 0.2) is 65.3 Å². The van der Waals surface area contributed by atoms with Gasteiger partial charge in [-0.3, -0.25) is 9.59 Å². The van der Waals surface area contributed by atoms with Crippen LogP contribution in [-0.4, -0.2) is 35.9 Å². The van der Waals surface area contributed by atoms with Gasteiger partial charge in [-0.15, -0.1) is 0 Å². The van der Waals surface area contributed by atoms with E-state index in [1.807, 2.05) is 31.2 Å². The third kappa shape index (κ3) is 6.36. The van der Waals surface area contributed by atoms with Crippen LogP contribution in [0.25, 0.3) is 0 Å². The number of nitrogens with zero attached hydrogens (tertiary/aromatic N) is 1. The Bertz CT molecular complexity index is 1000. The third-order valence-corrected chi connectivity index (χ3v) is 5.41. The van der Waals surface area contributed by atoms with Crippen LogP contribution < -0.4 is 15.4 Å². The minimum atomic E-state index is -0.411. The van der Waals surface area contributed by atoms with Crippen LogP contribution >= 0.6 is 11.8 Å². The molecule has 1 heterocycles. The predicted octanol–water partition coefficient (Wildman–Crippen LogP) is 4.75. The molecule has 7 nitrogen and oxygen atoms in total. The second-order valence-corrected chi connectivity index (χ2v) is 8.08. The van der Waals surface area contributed by atoms with Gasteiger partial charge in [-0.05, 0) is 56.3 Å². The average molecular weight is 440 g/mol. The highest BCUT2D eigenvalue weighted by Gasteiger charge is 2.20. The Morgan fingerprint density at radius 3 is 2.61 bits per heavy atom. The molecule has 2 aromatic carbocycles. The van der Waals surface area contributed by atoms with Crippen LogP contribution in [0.5, 0.6) is 5.75 Å². The lowest BCUT2D eigenvalue weighted by molar-refractivity contribution is -0.142. The minimum absolute atomic E-state index is 0.0914. The number of esters is 1. The van der Waals surface area contributed by atoms with Crippen LogP contribution in [0, 0.1) is 0 Å². The van der Waals surface area contributed by atoms with Gasteiger partial charge in [0, 0.05) is 11.4 Å². The topological polar surface area (TPSA) is 89.0 Å². The summed E-state index contributed by atoms with van der Waals surface area (Å²) in [6.45, 7) is 3.91. The lowest BCUT2D eigenvalue weighted by Gasteiger charge is -2.12. The first-order chi connectivity index (χ1) is 15.0. The number of ether oxygens (including phenoxy) is 2. The van der Waals surface area contributed by atoms with E-state index in [1.165, 1.54) is 11.8 Å². The van der Waals surface area contributed by atoms with Crippen molar-refractivity contribution in [3.8, 4) is 5.75 Å². The number of aliphatic imine (C=N–C) groups is 1. The summed E-state index contributed by atoms with van der Waals surface area (Å²) in [5.41, 5.74) is 2.89. The molecule has 0 saturated heterocycles. The highest BCUT2D eigenvalue weighted by Crippen LogP contribution is 2.32. The van der Waals surface area contributed by atoms with Crippen molar-refractivity contribution < 1.29 is 19.1 Å². The molecule has 0 radical (unpaired) electrons. The Morgan fingerprint density at radius 2 is 1.90 bits per heavy atom. The number of anilines is 2. The van der Waals surface area contributed by atoms with E-state index in [0.717, 1.165) is 17.1 Å². The van der Waals surface area contributed by atoms with Crippen molar-refractivity contribution in [2.45, 2.75) is 25.5 Å². The fraction of sp³-hybridized carbons (Fsp3) is 0.261. The van der Waals surface area contributed by atoms with E-state index in [-0.39, 0.29) is 18.3 Å². The molecule has 162 valence electrons.